The number of non-ortho nitro benzene ring substituents is 1. The van der Waals surface area contributed by atoms with Gasteiger partial charge in [-0.25, -0.2) is 0 Å². The average molecular weight is 216 g/mol. The van der Waals surface area contributed by atoms with Gasteiger partial charge in [-0.15, -0.1) is 0 Å². The van der Waals surface area contributed by atoms with Crippen LogP contribution >= 0.6 is 11.6 Å². The Bertz CT molecular complexity index is 391. The minimum absolute atomic E-state index is 0.0396. The first kappa shape index (κ1) is 10.5. The Morgan fingerprint density at radius 1 is 1.57 bits per heavy atom. The van der Waals surface area contributed by atoms with Crippen molar-refractivity contribution in [2.45, 2.75) is 0 Å². The van der Waals surface area contributed by atoms with Crippen molar-refractivity contribution in [1.82, 2.24) is 0 Å². The van der Waals surface area contributed by atoms with Crippen molar-refractivity contribution < 1.29 is 14.5 Å². The first-order chi connectivity index (χ1) is 6.60. The summed E-state index contributed by atoms with van der Waals surface area (Å²) in [5.74, 6) is 0.114. The van der Waals surface area contributed by atoms with Crippen LogP contribution in [0.5, 0.6) is 5.75 Å². The standard InChI is InChI=1S/C8H6ClNO4/c1-14-7-3-6(10(12)13)2-5(4-11)8(7)9/h2-4H,1H3. The highest BCUT2D eigenvalue weighted by Gasteiger charge is 2.15. The van der Waals surface area contributed by atoms with Crippen LogP contribution in [-0.4, -0.2) is 18.3 Å². The lowest BCUT2D eigenvalue weighted by Crippen LogP contribution is -1.94. The van der Waals surface area contributed by atoms with Gasteiger partial charge in [-0.2, -0.15) is 0 Å². The molecule has 0 heterocycles. The van der Waals surface area contributed by atoms with Gasteiger partial charge in [-0.05, 0) is 0 Å². The second kappa shape index (κ2) is 4.06. The number of hydrogen-bond donors (Lipinski definition) is 0. The Hall–Kier alpha value is -1.62. The zero-order valence-electron chi connectivity index (χ0n) is 7.19. The zero-order chi connectivity index (χ0) is 10.7. The third kappa shape index (κ3) is 1.82. The fraction of sp³-hybridized carbons (Fsp3) is 0.125. The fourth-order valence-corrected chi connectivity index (χ4v) is 1.17. The van der Waals surface area contributed by atoms with E-state index in [9.17, 15) is 14.9 Å². The second-order valence-electron chi connectivity index (χ2n) is 2.43. The van der Waals surface area contributed by atoms with Gasteiger partial charge >= 0.3 is 0 Å². The maximum absolute atomic E-state index is 10.5. The maximum atomic E-state index is 10.5. The Morgan fingerprint density at radius 3 is 2.64 bits per heavy atom. The van der Waals surface area contributed by atoms with E-state index in [1.165, 1.54) is 7.11 Å². The van der Waals surface area contributed by atoms with E-state index in [4.69, 9.17) is 16.3 Å². The summed E-state index contributed by atoms with van der Waals surface area (Å²) < 4.78 is 4.78. The number of nitrogens with zero attached hydrogens (tertiary/aromatic N) is 1. The zero-order valence-corrected chi connectivity index (χ0v) is 7.95. The lowest BCUT2D eigenvalue weighted by molar-refractivity contribution is -0.384. The molecule has 0 atom stereocenters. The molecule has 0 aromatic heterocycles. The molecule has 0 amide bonds. The van der Waals surface area contributed by atoms with E-state index in [0.717, 1.165) is 12.1 Å². The summed E-state index contributed by atoms with van der Waals surface area (Å²) >= 11 is 5.71. The third-order valence-electron chi connectivity index (χ3n) is 1.61. The molecule has 14 heavy (non-hydrogen) atoms. The molecule has 0 saturated carbocycles. The van der Waals surface area contributed by atoms with Crippen LogP contribution < -0.4 is 4.74 Å². The number of hydrogen-bond acceptors (Lipinski definition) is 4. The number of carbonyl (C=O) groups is 1. The van der Waals surface area contributed by atoms with Crippen molar-refractivity contribution in [3.8, 4) is 5.75 Å². The van der Waals surface area contributed by atoms with E-state index < -0.39 is 4.92 Å². The van der Waals surface area contributed by atoms with Gasteiger partial charge in [0.05, 0.1) is 23.1 Å². The molecule has 1 aromatic rings. The predicted molar refractivity (Wildman–Crippen MR) is 50.0 cm³/mol. The molecule has 0 radical (unpaired) electrons. The van der Waals surface area contributed by atoms with E-state index >= 15 is 0 Å². The van der Waals surface area contributed by atoms with Crippen LogP contribution in [0, 0.1) is 10.1 Å². The Kier molecular flexibility index (Phi) is 3.03. The molecule has 0 bridgehead atoms. The number of carbonyl (C=O) groups excluding carboxylic acids is 1. The van der Waals surface area contributed by atoms with Crippen molar-refractivity contribution in [2.24, 2.45) is 0 Å². The third-order valence-corrected chi connectivity index (χ3v) is 2.01. The first-order valence-corrected chi connectivity index (χ1v) is 3.95. The monoisotopic (exact) mass is 215 g/mol. The first-order valence-electron chi connectivity index (χ1n) is 3.57. The maximum Gasteiger partial charge on any atom is 0.273 e. The predicted octanol–water partition coefficient (Wildman–Crippen LogP) is 2.07. The molecule has 74 valence electrons. The van der Waals surface area contributed by atoms with E-state index in [1.807, 2.05) is 0 Å². The van der Waals surface area contributed by atoms with Gasteiger partial charge in [0, 0.05) is 11.6 Å². The molecule has 0 aliphatic carbocycles. The molecule has 5 nitrogen and oxygen atoms in total. The lowest BCUT2D eigenvalue weighted by Gasteiger charge is -2.04. The summed E-state index contributed by atoms with van der Waals surface area (Å²) in [6.07, 6.45) is 0.442. The van der Waals surface area contributed by atoms with Crippen LogP contribution in [0.4, 0.5) is 5.69 Å². The summed E-state index contributed by atoms with van der Waals surface area (Å²) in [7, 11) is 1.32. The Labute approximate surface area is 84.4 Å². The molecule has 0 N–H and O–H groups in total. The van der Waals surface area contributed by atoms with Crippen LogP contribution in [0.2, 0.25) is 5.02 Å². The van der Waals surface area contributed by atoms with Crippen molar-refractivity contribution in [3.63, 3.8) is 0 Å². The summed E-state index contributed by atoms with van der Waals surface area (Å²) in [6.45, 7) is 0. The summed E-state index contributed by atoms with van der Waals surface area (Å²) in [6, 6.07) is 2.26. The van der Waals surface area contributed by atoms with Crippen molar-refractivity contribution in [2.75, 3.05) is 7.11 Å². The van der Waals surface area contributed by atoms with Crippen LogP contribution in [0.3, 0.4) is 0 Å². The number of halogens is 1. The molecule has 1 aromatic carbocycles. The summed E-state index contributed by atoms with van der Waals surface area (Å²) in [5.41, 5.74) is -0.189. The van der Waals surface area contributed by atoms with E-state index in [2.05, 4.69) is 0 Å². The highest BCUT2D eigenvalue weighted by atomic mass is 35.5. The number of nitro benzene ring substituents is 1. The number of nitro groups is 1. The smallest absolute Gasteiger partial charge is 0.273 e. The molecule has 0 aliphatic heterocycles. The van der Waals surface area contributed by atoms with Crippen molar-refractivity contribution >= 4 is 23.6 Å². The summed E-state index contributed by atoms with van der Waals surface area (Å²) in [5, 5.41) is 10.5. The molecule has 1 rings (SSSR count). The molecule has 0 aliphatic rings. The molecular formula is C8H6ClNO4. The van der Waals surface area contributed by atoms with E-state index in [-0.39, 0.29) is 22.0 Å². The van der Waals surface area contributed by atoms with Crippen LogP contribution in [-0.2, 0) is 0 Å². The minimum atomic E-state index is -0.619. The van der Waals surface area contributed by atoms with Gasteiger partial charge in [0.2, 0.25) is 0 Å². The number of ether oxygens (including phenoxy) is 1. The SMILES string of the molecule is COc1cc([N+](=O)[O-])cc(C=O)c1Cl. The fourth-order valence-electron chi connectivity index (χ4n) is 0.944. The Morgan fingerprint density at radius 2 is 2.21 bits per heavy atom. The number of aldehydes is 1. The van der Waals surface area contributed by atoms with E-state index in [1.54, 1.807) is 0 Å². The molecule has 6 heteroatoms. The van der Waals surface area contributed by atoms with Gasteiger partial charge in [-0.3, -0.25) is 14.9 Å². The minimum Gasteiger partial charge on any atom is -0.495 e. The molecule has 0 unspecified atom stereocenters. The van der Waals surface area contributed by atoms with E-state index in [0.29, 0.717) is 6.29 Å². The molecule has 0 fully saturated rings. The second-order valence-corrected chi connectivity index (χ2v) is 2.80. The lowest BCUT2D eigenvalue weighted by atomic mass is 10.2. The Balaban J connectivity index is 3.39. The van der Waals surface area contributed by atoms with Gasteiger partial charge in [0.25, 0.3) is 5.69 Å². The van der Waals surface area contributed by atoms with Crippen LogP contribution in [0.1, 0.15) is 10.4 Å². The van der Waals surface area contributed by atoms with Crippen LogP contribution in [0.25, 0.3) is 0 Å². The van der Waals surface area contributed by atoms with Crippen LogP contribution in [0.15, 0.2) is 12.1 Å². The van der Waals surface area contributed by atoms with Gasteiger partial charge in [-0.1, -0.05) is 11.6 Å². The quantitative estimate of drug-likeness (QED) is 0.440. The number of methoxy groups -OCH3 is 1. The highest BCUT2D eigenvalue weighted by Crippen LogP contribution is 2.31. The number of benzene rings is 1. The summed E-state index contributed by atoms with van der Waals surface area (Å²) in [4.78, 5) is 20.3. The molecule has 0 saturated heterocycles. The molecule has 0 spiro atoms. The van der Waals surface area contributed by atoms with Gasteiger partial charge in [0.1, 0.15) is 5.75 Å². The van der Waals surface area contributed by atoms with Crippen molar-refractivity contribution in [1.29, 1.82) is 0 Å². The number of rotatable bonds is 3. The van der Waals surface area contributed by atoms with Crippen molar-refractivity contribution in [3.05, 3.63) is 32.8 Å². The average Bonchev–Trinajstić information content (AvgIpc) is 2.17. The highest BCUT2D eigenvalue weighted by molar-refractivity contribution is 6.34. The van der Waals surface area contributed by atoms with Gasteiger partial charge in [0.15, 0.2) is 6.29 Å². The normalized spacial score (nSPS) is 9.57. The molecular weight excluding hydrogens is 210 g/mol. The topological polar surface area (TPSA) is 69.4 Å². The van der Waals surface area contributed by atoms with Gasteiger partial charge < -0.3 is 4.74 Å². The largest absolute Gasteiger partial charge is 0.495 e.